The number of amides is 1. The van der Waals surface area contributed by atoms with Crippen molar-refractivity contribution >= 4 is 5.91 Å². The second kappa shape index (κ2) is 6.75. The van der Waals surface area contributed by atoms with E-state index in [0.29, 0.717) is 13.0 Å². The minimum Gasteiger partial charge on any atom is -0.491 e. The first-order chi connectivity index (χ1) is 9.60. The molecule has 1 aliphatic heterocycles. The third kappa shape index (κ3) is 3.73. The fraction of sp³-hybridized carbons (Fsp3) is 0.562. The number of carbonyl (C=O) groups excluding carboxylic acids is 1. The van der Waals surface area contributed by atoms with Gasteiger partial charge >= 0.3 is 0 Å². The lowest BCUT2D eigenvalue weighted by atomic mass is 10.1. The Bertz CT molecular complexity index is 459. The topological polar surface area (TPSA) is 49.8 Å². The molecule has 0 spiro atoms. The van der Waals surface area contributed by atoms with Crippen molar-refractivity contribution in [3.63, 3.8) is 0 Å². The zero-order chi connectivity index (χ0) is 14.5. The van der Waals surface area contributed by atoms with E-state index in [1.165, 1.54) is 0 Å². The summed E-state index contributed by atoms with van der Waals surface area (Å²) in [6, 6.07) is 7.69. The van der Waals surface area contributed by atoms with Gasteiger partial charge in [0.25, 0.3) is 0 Å². The molecule has 1 atom stereocenters. The normalized spacial score (nSPS) is 18.6. The van der Waals surface area contributed by atoms with Gasteiger partial charge in [-0.15, -0.1) is 0 Å². The van der Waals surface area contributed by atoms with E-state index in [1.54, 1.807) is 0 Å². The summed E-state index contributed by atoms with van der Waals surface area (Å²) in [5.74, 6) is 1.13. The summed E-state index contributed by atoms with van der Waals surface area (Å²) in [5, 5.41) is 9.14. The Hall–Kier alpha value is -1.55. The van der Waals surface area contributed by atoms with Gasteiger partial charge in [0.15, 0.2) is 0 Å². The van der Waals surface area contributed by atoms with Crippen LogP contribution < -0.4 is 4.74 Å². The summed E-state index contributed by atoms with van der Waals surface area (Å²) in [5.41, 5.74) is 0.929. The van der Waals surface area contributed by atoms with Crippen LogP contribution in [-0.4, -0.2) is 41.7 Å². The Morgan fingerprint density at radius 2 is 2.20 bits per heavy atom. The molecule has 0 saturated carbocycles. The quantitative estimate of drug-likeness (QED) is 0.893. The molecule has 0 aromatic heterocycles. The largest absolute Gasteiger partial charge is 0.491 e. The van der Waals surface area contributed by atoms with Gasteiger partial charge in [-0.25, -0.2) is 0 Å². The van der Waals surface area contributed by atoms with Gasteiger partial charge in [0, 0.05) is 31.2 Å². The third-order valence-electron chi connectivity index (χ3n) is 3.57. The molecule has 0 bridgehead atoms. The molecule has 1 aromatic carbocycles. The summed E-state index contributed by atoms with van der Waals surface area (Å²) < 4.78 is 5.74. The summed E-state index contributed by atoms with van der Waals surface area (Å²) in [7, 11) is 0. The van der Waals surface area contributed by atoms with Crippen LogP contribution in [-0.2, 0) is 11.2 Å². The summed E-state index contributed by atoms with van der Waals surface area (Å²) in [4.78, 5) is 14.1. The van der Waals surface area contributed by atoms with Gasteiger partial charge in [-0.1, -0.05) is 18.2 Å². The number of para-hydroxylation sites is 1. The second-order valence-electron chi connectivity index (χ2n) is 5.63. The molecule has 1 fully saturated rings. The number of aliphatic hydroxyl groups is 1. The molecule has 20 heavy (non-hydrogen) atoms. The second-order valence-corrected chi connectivity index (χ2v) is 5.63. The van der Waals surface area contributed by atoms with Crippen LogP contribution in [0.5, 0.6) is 5.75 Å². The average Bonchev–Trinajstić information content (AvgIpc) is 2.89. The molecular weight excluding hydrogens is 254 g/mol. The molecule has 4 heteroatoms. The summed E-state index contributed by atoms with van der Waals surface area (Å²) in [6.45, 7) is 5.53. The number of rotatable bonds is 5. The van der Waals surface area contributed by atoms with Crippen molar-refractivity contribution in [3.05, 3.63) is 29.8 Å². The van der Waals surface area contributed by atoms with Crippen LogP contribution in [0, 0.1) is 5.92 Å². The van der Waals surface area contributed by atoms with Crippen LogP contribution in [0.25, 0.3) is 0 Å². The van der Waals surface area contributed by atoms with Crippen molar-refractivity contribution in [1.82, 2.24) is 4.90 Å². The van der Waals surface area contributed by atoms with Gasteiger partial charge in [-0.05, 0) is 26.3 Å². The Morgan fingerprint density at radius 1 is 1.45 bits per heavy atom. The van der Waals surface area contributed by atoms with E-state index in [4.69, 9.17) is 9.84 Å². The number of aliphatic hydroxyl groups excluding tert-OH is 1. The average molecular weight is 277 g/mol. The van der Waals surface area contributed by atoms with Crippen LogP contribution in [0.15, 0.2) is 24.3 Å². The fourth-order valence-corrected chi connectivity index (χ4v) is 2.50. The fourth-order valence-electron chi connectivity index (χ4n) is 2.50. The lowest BCUT2D eigenvalue weighted by molar-refractivity contribution is -0.129. The third-order valence-corrected chi connectivity index (χ3v) is 3.57. The van der Waals surface area contributed by atoms with Gasteiger partial charge in [0.2, 0.25) is 5.91 Å². The smallest absolute Gasteiger partial charge is 0.227 e. The standard InChI is InChI=1S/C16H23NO3/c1-12(2)20-15-6-4-3-5-14(15)9-16(19)17-8-7-13(10-17)11-18/h3-6,12-13,18H,7-11H2,1-2H3. The van der Waals surface area contributed by atoms with Crippen LogP contribution >= 0.6 is 0 Å². The Balaban J connectivity index is 2.01. The van der Waals surface area contributed by atoms with Crippen LogP contribution in [0.3, 0.4) is 0 Å². The molecular formula is C16H23NO3. The maximum atomic E-state index is 12.3. The first-order valence-corrected chi connectivity index (χ1v) is 7.23. The zero-order valence-electron chi connectivity index (χ0n) is 12.2. The van der Waals surface area contributed by atoms with Crippen molar-refractivity contribution < 1.29 is 14.6 Å². The zero-order valence-corrected chi connectivity index (χ0v) is 12.2. The minimum atomic E-state index is 0.0943. The molecule has 1 saturated heterocycles. The van der Waals surface area contributed by atoms with Crippen molar-refractivity contribution in [3.8, 4) is 5.75 Å². The number of likely N-dealkylation sites (tertiary alicyclic amines) is 1. The van der Waals surface area contributed by atoms with E-state index < -0.39 is 0 Å². The van der Waals surface area contributed by atoms with E-state index in [9.17, 15) is 4.79 Å². The maximum absolute atomic E-state index is 12.3. The molecule has 0 aliphatic carbocycles. The molecule has 4 nitrogen and oxygen atoms in total. The number of benzene rings is 1. The van der Waals surface area contributed by atoms with Crippen molar-refractivity contribution in [2.75, 3.05) is 19.7 Å². The van der Waals surface area contributed by atoms with Gasteiger partial charge in [0.05, 0.1) is 12.5 Å². The molecule has 1 aliphatic rings. The van der Waals surface area contributed by atoms with Gasteiger partial charge in [-0.2, -0.15) is 0 Å². The monoisotopic (exact) mass is 277 g/mol. The highest BCUT2D eigenvalue weighted by Crippen LogP contribution is 2.22. The van der Waals surface area contributed by atoms with Gasteiger partial charge in [0.1, 0.15) is 5.75 Å². The number of nitrogens with zero attached hydrogens (tertiary/aromatic N) is 1. The first-order valence-electron chi connectivity index (χ1n) is 7.23. The minimum absolute atomic E-state index is 0.0943. The maximum Gasteiger partial charge on any atom is 0.227 e. The highest BCUT2D eigenvalue weighted by atomic mass is 16.5. The molecule has 0 radical (unpaired) electrons. The van der Waals surface area contributed by atoms with Crippen LogP contribution in [0.1, 0.15) is 25.8 Å². The highest BCUT2D eigenvalue weighted by Gasteiger charge is 2.26. The number of hydrogen-bond donors (Lipinski definition) is 1. The predicted molar refractivity (Wildman–Crippen MR) is 77.7 cm³/mol. The van der Waals surface area contributed by atoms with Crippen molar-refractivity contribution in [1.29, 1.82) is 0 Å². The first kappa shape index (κ1) is 14.9. The number of carbonyl (C=O) groups is 1. The molecule has 1 amide bonds. The molecule has 1 aromatic rings. The van der Waals surface area contributed by atoms with Crippen molar-refractivity contribution in [2.45, 2.75) is 32.8 Å². The molecule has 1 heterocycles. The van der Waals surface area contributed by atoms with Crippen molar-refractivity contribution in [2.24, 2.45) is 5.92 Å². The number of ether oxygens (including phenoxy) is 1. The summed E-state index contributed by atoms with van der Waals surface area (Å²) in [6.07, 6.45) is 1.35. The Kier molecular flexibility index (Phi) is 5.01. The summed E-state index contributed by atoms with van der Waals surface area (Å²) >= 11 is 0. The lowest BCUT2D eigenvalue weighted by Crippen LogP contribution is -2.30. The molecule has 1 N–H and O–H groups in total. The van der Waals surface area contributed by atoms with E-state index in [2.05, 4.69) is 0 Å². The van der Waals surface area contributed by atoms with E-state index in [1.807, 2.05) is 43.0 Å². The molecule has 1 unspecified atom stereocenters. The number of hydrogen-bond acceptors (Lipinski definition) is 3. The highest BCUT2D eigenvalue weighted by molar-refractivity contribution is 5.79. The van der Waals surface area contributed by atoms with E-state index in [-0.39, 0.29) is 24.5 Å². The van der Waals surface area contributed by atoms with E-state index >= 15 is 0 Å². The van der Waals surface area contributed by atoms with Crippen LogP contribution in [0.4, 0.5) is 0 Å². The van der Waals surface area contributed by atoms with Gasteiger partial charge in [-0.3, -0.25) is 4.79 Å². The molecule has 2 rings (SSSR count). The van der Waals surface area contributed by atoms with E-state index in [0.717, 1.165) is 24.3 Å². The van der Waals surface area contributed by atoms with Gasteiger partial charge < -0.3 is 14.7 Å². The van der Waals surface area contributed by atoms with Crippen LogP contribution in [0.2, 0.25) is 0 Å². The molecule has 110 valence electrons. The predicted octanol–water partition coefficient (Wildman–Crippen LogP) is 1.86. The Labute approximate surface area is 120 Å². The SMILES string of the molecule is CC(C)Oc1ccccc1CC(=O)N1CCC(CO)C1. The Morgan fingerprint density at radius 3 is 2.85 bits per heavy atom. The lowest BCUT2D eigenvalue weighted by Gasteiger charge is -2.18.